The number of allylic oxidation sites excluding steroid dienone is 2. The molecule has 2 rings (SSSR count). The van der Waals surface area contributed by atoms with Crippen LogP contribution in [0, 0.1) is 0 Å². The van der Waals surface area contributed by atoms with Crippen LogP contribution >= 0.6 is 0 Å². The van der Waals surface area contributed by atoms with E-state index in [2.05, 4.69) is 9.97 Å². The van der Waals surface area contributed by atoms with Gasteiger partial charge >= 0.3 is 5.69 Å². The first kappa shape index (κ1) is 13.1. The molecule has 0 aliphatic rings. The maximum Gasteiger partial charge on any atom is 0.325 e. The Bertz CT molecular complexity index is 681. The van der Waals surface area contributed by atoms with E-state index >= 15 is 0 Å². The summed E-state index contributed by atoms with van der Waals surface area (Å²) in [5.74, 6) is 0. The standard InChI is InChI=1S/C15H16N2O2/c1-2-3-9-12-13(16-15(19)17-14(12)18)10-11-7-5-4-6-8-11/h2-8H,9-10H2,1H3,(H2,16,17,18,19). The van der Waals surface area contributed by atoms with E-state index < -0.39 is 5.69 Å². The predicted octanol–water partition coefficient (Wildman–Crippen LogP) is 1.77. The van der Waals surface area contributed by atoms with Crippen molar-refractivity contribution < 1.29 is 0 Å². The molecule has 4 heteroatoms. The molecule has 98 valence electrons. The van der Waals surface area contributed by atoms with E-state index in [0.29, 0.717) is 24.1 Å². The van der Waals surface area contributed by atoms with Crippen molar-refractivity contribution in [2.45, 2.75) is 19.8 Å². The highest BCUT2D eigenvalue weighted by Crippen LogP contribution is 2.08. The quantitative estimate of drug-likeness (QED) is 0.819. The van der Waals surface area contributed by atoms with E-state index in [1.54, 1.807) is 0 Å². The Morgan fingerprint density at radius 3 is 2.53 bits per heavy atom. The molecule has 0 amide bonds. The molecule has 19 heavy (non-hydrogen) atoms. The van der Waals surface area contributed by atoms with Crippen molar-refractivity contribution in [1.82, 2.24) is 9.97 Å². The zero-order valence-corrected chi connectivity index (χ0v) is 10.8. The third-order valence-corrected chi connectivity index (χ3v) is 2.91. The summed E-state index contributed by atoms with van der Waals surface area (Å²) < 4.78 is 0. The van der Waals surface area contributed by atoms with Gasteiger partial charge in [-0.3, -0.25) is 9.78 Å². The van der Waals surface area contributed by atoms with Gasteiger partial charge in [0.05, 0.1) is 0 Å². The molecule has 0 aliphatic carbocycles. The topological polar surface area (TPSA) is 65.7 Å². The second-order valence-electron chi connectivity index (χ2n) is 4.30. The van der Waals surface area contributed by atoms with Crippen LogP contribution in [-0.2, 0) is 12.8 Å². The molecule has 0 fully saturated rings. The molecule has 4 nitrogen and oxygen atoms in total. The summed E-state index contributed by atoms with van der Waals surface area (Å²) in [6.07, 6.45) is 4.85. The molecule has 0 unspecified atom stereocenters. The molecule has 1 aromatic carbocycles. The minimum atomic E-state index is -0.458. The van der Waals surface area contributed by atoms with E-state index in [0.717, 1.165) is 5.56 Å². The van der Waals surface area contributed by atoms with Gasteiger partial charge < -0.3 is 4.98 Å². The first-order valence-electron chi connectivity index (χ1n) is 6.20. The van der Waals surface area contributed by atoms with E-state index in [4.69, 9.17) is 0 Å². The van der Waals surface area contributed by atoms with Gasteiger partial charge in [-0.15, -0.1) is 0 Å². The maximum absolute atomic E-state index is 11.8. The van der Waals surface area contributed by atoms with Gasteiger partial charge in [-0.25, -0.2) is 4.79 Å². The fraction of sp³-hybridized carbons (Fsp3) is 0.200. The largest absolute Gasteiger partial charge is 0.325 e. The molecule has 0 atom stereocenters. The minimum absolute atomic E-state index is 0.312. The summed E-state index contributed by atoms with van der Waals surface area (Å²) in [6, 6.07) is 9.75. The summed E-state index contributed by atoms with van der Waals surface area (Å²) in [7, 11) is 0. The van der Waals surface area contributed by atoms with Gasteiger partial charge in [0, 0.05) is 17.7 Å². The van der Waals surface area contributed by atoms with E-state index in [9.17, 15) is 9.59 Å². The van der Waals surface area contributed by atoms with Gasteiger partial charge in [0.2, 0.25) is 0 Å². The lowest BCUT2D eigenvalue weighted by atomic mass is 10.0. The second kappa shape index (κ2) is 6.00. The van der Waals surface area contributed by atoms with Crippen molar-refractivity contribution in [1.29, 1.82) is 0 Å². The van der Waals surface area contributed by atoms with Crippen LogP contribution in [-0.4, -0.2) is 9.97 Å². The Kier molecular flexibility index (Phi) is 4.13. The van der Waals surface area contributed by atoms with Crippen LogP contribution in [0.15, 0.2) is 52.1 Å². The zero-order chi connectivity index (χ0) is 13.7. The molecular weight excluding hydrogens is 240 g/mol. The lowest BCUT2D eigenvalue weighted by molar-refractivity contribution is 0.906. The molecule has 0 spiro atoms. The third kappa shape index (κ3) is 3.31. The molecular formula is C15H16N2O2. The second-order valence-corrected chi connectivity index (χ2v) is 4.30. The van der Waals surface area contributed by atoms with Crippen LogP contribution in [0.3, 0.4) is 0 Å². The maximum atomic E-state index is 11.8. The van der Waals surface area contributed by atoms with Crippen molar-refractivity contribution in [3.8, 4) is 0 Å². The van der Waals surface area contributed by atoms with Crippen molar-refractivity contribution in [3.05, 3.63) is 80.1 Å². The Hall–Kier alpha value is -2.36. The Morgan fingerprint density at radius 1 is 1.11 bits per heavy atom. The average molecular weight is 256 g/mol. The van der Waals surface area contributed by atoms with Crippen LogP contribution in [0.25, 0.3) is 0 Å². The number of rotatable bonds is 4. The summed E-state index contributed by atoms with van der Waals surface area (Å²) in [5.41, 5.74) is 1.58. The van der Waals surface area contributed by atoms with Crippen molar-refractivity contribution in [2.24, 2.45) is 0 Å². The van der Waals surface area contributed by atoms with Crippen molar-refractivity contribution >= 4 is 0 Å². The highest BCUT2D eigenvalue weighted by Gasteiger charge is 2.08. The normalized spacial score (nSPS) is 11.0. The van der Waals surface area contributed by atoms with Gasteiger partial charge in [-0.05, 0) is 18.9 Å². The van der Waals surface area contributed by atoms with E-state index in [-0.39, 0.29) is 5.56 Å². The molecule has 2 aromatic rings. The molecule has 0 bridgehead atoms. The molecule has 0 radical (unpaired) electrons. The first-order valence-corrected chi connectivity index (χ1v) is 6.20. The highest BCUT2D eigenvalue weighted by molar-refractivity contribution is 5.27. The molecule has 0 aliphatic heterocycles. The van der Waals surface area contributed by atoms with Gasteiger partial charge in [-0.2, -0.15) is 0 Å². The van der Waals surface area contributed by atoms with Crippen LogP contribution in [0.2, 0.25) is 0 Å². The average Bonchev–Trinajstić information content (AvgIpc) is 2.39. The zero-order valence-electron chi connectivity index (χ0n) is 10.8. The number of hydrogen-bond acceptors (Lipinski definition) is 2. The minimum Gasteiger partial charge on any atom is -0.311 e. The summed E-state index contributed by atoms with van der Waals surface area (Å²) in [6.45, 7) is 1.90. The molecule has 0 saturated carbocycles. The van der Waals surface area contributed by atoms with Gasteiger partial charge in [-0.1, -0.05) is 42.5 Å². The summed E-state index contributed by atoms with van der Waals surface area (Å²) >= 11 is 0. The van der Waals surface area contributed by atoms with Crippen LogP contribution in [0.5, 0.6) is 0 Å². The van der Waals surface area contributed by atoms with Crippen LogP contribution in [0.1, 0.15) is 23.7 Å². The Balaban J connectivity index is 2.43. The van der Waals surface area contributed by atoms with Crippen LogP contribution < -0.4 is 11.2 Å². The number of aromatic nitrogens is 2. The molecule has 1 heterocycles. The fourth-order valence-corrected chi connectivity index (χ4v) is 1.96. The summed E-state index contributed by atoms with van der Waals surface area (Å²) in [5, 5.41) is 0. The molecule has 2 N–H and O–H groups in total. The van der Waals surface area contributed by atoms with Gasteiger partial charge in [0.1, 0.15) is 0 Å². The first-order chi connectivity index (χ1) is 9.20. The summed E-state index contributed by atoms with van der Waals surface area (Å²) in [4.78, 5) is 28.2. The molecule has 0 saturated heterocycles. The van der Waals surface area contributed by atoms with E-state index in [1.807, 2.05) is 49.4 Å². The van der Waals surface area contributed by atoms with Gasteiger partial charge in [0.25, 0.3) is 5.56 Å². The van der Waals surface area contributed by atoms with Crippen LogP contribution in [0.4, 0.5) is 0 Å². The number of nitrogens with one attached hydrogen (secondary N) is 2. The van der Waals surface area contributed by atoms with Gasteiger partial charge in [0.15, 0.2) is 0 Å². The highest BCUT2D eigenvalue weighted by atomic mass is 16.2. The SMILES string of the molecule is CC=CCc1c(Cc2ccccc2)[nH]c(=O)[nH]c1=O. The molecule has 1 aromatic heterocycles. The van der Waals surface area contributed by atoms with E-state index in [1.165, 1.54) is 0 Å². The Labute approximate surface area is 110 Å². The monoisotopic (exact) mass is 256 g/mol. The smallest absolute Gasteiger partial charge is 0.311 e. The fourth-order valence-electron chi connectivity index (χ4n) is 1.96. The lowest BCUT2D eigenvalue weighted by Gasteiger charge is -2.06. The Morgan fingerprint density at radius 2 is 1.84 bits per heavy atom. The number of aromatic amines is 2. The predicted molar refractivity (Wildman–Crippen MR) is 75.4 cm³/mol. The van der Waals surface area contributed by atoms with Crippen molar-refractivity contribution in [2.75, 3.05) is 0 Å². The number of benzene rings is 1. The number of H-pyrrole nitrogens is 2. The van der Waals surface area contributed by atoms with Crippen molar-refractivity contribution in [3.63, 3.8) is 0 Å². The third-order valence-electron chi connectivity index (χ3n) is 2.91. The number of hydrogen-bond donors (Lipinski definition) is 2. The lowest BCUT2D eigenvalue weighted by Crippen LogP contribution is -2.28.